The Morgan fingerprint density at radius 2 is 2.25 bits per heavy atom. The fourth-order valence-corrected chi connectivity index (χ4v) is 2.14. The third kappa shape index (κ3) is 2.27. The van der Waals surface area contributed by atoms with Crippen molar-refractivity contribution in [2.45, 2.75) is 38.2 Å². The van der Waals surface area contributed by atoms with Gasteiger partial charge in [-0.1, -0.05) is 12.8 Å². The zero-order valence-electron chi connectivity index (χ0n) is 9.45. The van der Waals surface area contributed by atoms with Crippen molar-refractivity contribution in [3.8, 4) is 0 Å². The standard InChI is InChI=1S/C12H17NO3/c1-9-4-7-16-10(9)11(14)13-8-12(15)5-2-3-6-12/h4,7,15H,2-3,5-6,8H2,1H3,(H,13,14). The van der Waals surface area contributed by atoms with Crippen LogP contribution in [0.1, 0.15) is 41.8 Å². The summed E-state index contributed by atoms with van der Waals surface area (Å²) in [6, 6.07) is 1.75. The smallest absolute Gasteiger partial charge is 0.287 e. The number of hydrogen-bond donors (Lipinski definition) is 2. The van der Waals surface area contributed by atoms with Crippen molar-refractivity contribution in [2.24, 2.45) is 0 Å². The lowest BCUT2D eigenvalue weighted by Gasteiger charge is -2.21. The largest absolute Gasteiger partial charge is 0.459 e. The van der Waals surface area contributed by atoms with Crippen LogP contribution in [0.2, 0.25) is 0 Å². The molecule has 0 spiro atoms. The van der Waals surface area contributed by atoms with Crippen molar-refractivity contribution in [3.05, 3.63) is 23.7 Å². The van der Waals surface area contributed by atoms with Crippen LogP contribution in [0.3, 0.4) is 0 Å². The van der Waals surface area contributed by atoms with Gasteiger partial charge in [-0.3, -0.25) is 4.79 Å². The zero-order chi connectivity index (χ0) is 11.6. The van der Waals surface area contributed by atoms with E-state index in [4.69, 9.17) is 4.42 Å². The van der Waals surface area contributed by atoms with Gasteiger partial charge >= 0.3 is 0 Å². The van der Waals surface area contributed by atoms with Gasteiger partial charge in [0.2, 0.25) is 0 Å². The molecule has 1 aliphatic rings. The molecular formula is C12H17NO3. The molecule has 4 nitrogen and oxygen atoms in total. The lowest BCUT2D eigenvalue weighted by Crippen LogP contribution is -2.40. The van der Waals surface area contributed by atoms with Gasteiger partial charge in [0.25, 0.3) is 5.91 Å². The maximum Gasteiger partial charge on any atom is 0.287 e. The molecule has 1 heterocycles. The summed E-state index contributed by atoms with van der Waals surface area (Å²) >= 11 is 0. The second-order valence-corrected chi connectivity index (χ2v) is 4.55. The van der Waals surface area contributed by atoms with Gasteiger partial charge in [0.05, 0.1) is 11.9 Å². The summed E-state index contributed by atoms with van der Waals surface area (Å²) in [4.78, 5) is 11.7. The Hall–Kier alpha value is -1.29. The molecule has 0 atom stereocenters. The quantitative estimate of drug-likeness (QED) is 0.818. The van der Waals surface area contributed by atoms with Crippen LogP contribution in [0.25, 0.3) is 0 Å². The van der Waals surface area contributed by atoms with Gasteiger partial charge in [0, 0.05) is 12.1 Å². The number of nitrogens with one attached hydrogen (secondary N) is 1. The summed E-state index contributed by atoms with van der Waals surface area (Å²) in [7, 11) is 0. The molecule has 1 fully saturated rings. The van der Waals surface area contributed by atoms with Gasteiger partial charge in [-0.15, -0.1) is 0 Å². The predicted octanol–water partition coefficient (Wildman–Crippen LogP) is 1.62. The van der Waals surface area contributed by atoms with E-state index in [9.17, 15) is 9.90 Å². The molecule has 88 valence electrons. The fraction of sp³-hybridized carbons (Fsp3) is 0.583. The first kappa shape index (κ1) is 11.2. The molecule has 0 bridgehead atoms. The van der Waals surface area contributed by atoms with Crippen molar-refractivity contribution >= 4 is 5.91 Å². The molecule has 1 amide bonds. The number of carbonyl (C=O) groups excluding carboxylic acids is 1. The Balaban J connectivity index is 1.91. The molecule has 1 saturated carbocycles. The number of carbonyl (C=O) groups is 1. The summed E-state index contributed by atoms with van der Waals surface area (Å²) in [5.41, 5.74) is 0.104. The molecule has 0 aromatic carbocycles. The summed E-state index contributed by atoms with van der Waals surface area (Å²) in [5.74, 6) is 0.0874. The minimum absolute atomic E-state index is 0.247. The normalized spacial score (nSPS) is 18.6. The van der Waals surface area contributed by atoms with Gasteiger partial charge in [-0.05, 0) is 25.8 Å². The van der Waals surface area contributed by atoms with Gasteiger partial charge in [0.15, 0.2) is 5.76 Å². The number of amides is 1. The van der Waals surface area contributed by atoms with Crippen LogP contribution in [0.4, 0.5) is 0 Å². The lowest BCUT2D eigenvalue weighted by atomic mass is 10.0. The maximum atomic E-state index is 11.7. The van der Waals surface area contributed by atoms with Crippen LogP contribution >= 0.6 is 0 Å². The van der Waals surface area contributed by atoms with E-state index < -0.39 is 5.60 Å². The summed E-state index contributed by atoms with van der Waals surface area (Å²) in [6.07, 6.45) is 5.10. The first-order chi connectivity index (χ1) is 7.61. The van der Waals surface area contributed by atoms with E-state index in [1.54, 1.807) is 6.07 Å². The van der Waals surface area contributed by atoms with Crippen molar-refractivity contribution in [3.63, 3.8) is 0 Å². The molecule has 2 N–H and O–H groups in total. The Labute approximate surface area is 94.6 Å². The van der Waals surface area contributed by atoms with E-state index in [1.807, 2.05) is 6.92 Å². The number of hydrogen-bond acceptors (Lipinski definition) is 3. The summed E-state index contributed by atoms with van der Waals surface area (Å²) in [5, 5.41) is 12.8. The van der Waals surface area contributed by atoms with Crippen LogP contribution in [0.15, 0.2) is 16.7 Å². The summed E-state index contributed by atoms with van der Waals surface area (Å²) < 4.78 is 5.08. The van der Waals surface area contributed by atoms with Crippen LogP contribution in [-0.4, -0.2) is 23.2 Å². The molecule has 0 unspecified atom stereocenters. The highest BCUT2D eigenvalue weighted by atomic mass is 16.3. The Morgan fingerprint density at radius 1 is 1.56 bits per heavy atom. The van der Waals surface area contributed by atoms with Crippen LogP contribution in [-0.2, 0) is 0 Å². The molecule has 1 aliphatic carbocycles. The number of aliphatic hydroxyl groups is 1. The number of rotatable bonds is 3. The Kier molecular flexibility index (Phi) is 3.01. The van der Waals surface area contributed by atoms with E-state index in [-0.39, 0.29) is 5.91 Å². The highest BCUT2D eigenvalue weighted by molar-refractivity contribution is 5.92. The third-order valence-electron chi connectivity index (χ3n) is 3.18. The summed E-state index contributed by atoms with van der Waals surface area (Å²) in [6.45, 7) is 2.13. The van der Waals surface area contributed by atoms with Gasteiger partial charge in [-0.2, -0.15) is 0 Å². The molecular weight excluding hydrogens is 206 g/mol. The second-order valence-electron chi connectivity index (χ2n) is 4.55. The van der Waals surface area contributed by atoms with E-state index in [0.717, 1.165) is 31.2 Å². The third-order valence-corrected chi connectivity index (χ3v) is 3.18. The van der Waals surface area contributed by atoms with Crippen LogP contribution < -0.4 is 5.32 Å². The first-order valence-electron chi connectivity index (χ1n) is 5.65. The topological polar surface area (TPSA) is 62.5 Å². The molecule has 1 aromatic rings. The van der Waals surface area contributed by atoms with Gasteiger partial charge in [-0.25, -0.2) is 0 Å². The van der Waals surface area contributed by atoms with Crippen molar-refractivity contribution in [1.29, 1.82) is 0 Å². The highest BCUT2D eigenvalue weighted by Crippen LogP contribution is 2.28. The van der Waals surface area contributed by atoms with Crippen LogP contribution in [0, 0.1) is 6.92 Å². The molecule has 2 rings (SSSR count). The SMILES string of the molecule is Cc1ccoc1C(=O)NCC1(O)CCCC1. The van der Waals surface area contributed by atoms with E-state index in [0.29, 0.717) is 12.3 Å². The number of furan rings is 1. The first-order valence-corrected chi connectivity index (χ1v) is 5.65. The number of aryl methyl sites for hydroxylation is 1. The minimum atomic E-state index is -0.712. The fourth-order valence-electron chi connectivity index (χ4n) is 2.14. The minimum Gasteiger partial charge on any atom is -0.459 e. The molecule has 4 heteroatoms. The average molecular weight is 223 g/mol. The molecule has 0 radical (unpaired) electrons. The van der Waals surface area contributed by atoms with Crippen molar-refractivity contribution in [1.82, 2.24) is 5.32 Å². The zero-order valence-corrected chi connectivity index (χ0v) is 9.45. The van der Waals surface area contributed by atoms with Crippen molar-refractivity contribution < 1.29 is 14.3 Å². The van der Waals surface area contributed by atoms with Gasteiger partial charge < -0.3 is 14.8 Å². The molecule has 0 aliphatic heterocycles. The Morgan fingerprint density at radius 3 is 2.81 bits per heavy atom. The molecule has 0 saturated heterocycles. The van der Waals surface area contributed by atoms with Crippen LogP contribution in [0.5, 0.6) is 0 Å². The average Bonchev–Trinajstić information content (AvgIpc) is 2.85. The van der Waals surface area contributed by atoms with Gasteiger partial charge in [0.1, 0.15) is 0 Å². The molecule has 1 aromatic heterocycles. The second kappa shape index (κ2) is 4.29. The monoisotopic (exact) mass is 223 g/mol. The van der Waals surface area contributed by atoms with E-state index in [2.05, 4.69) is 5.32 Å². The van der Waals surface area contributed by atoms with E-state index in [1.165, 1.54) is 6.26 Å². The van der Waals surface area contributed by atoms with Crippen molar-refractivity contribution in [2.75, 3.05) is 6.54 Å². The highest BCUT2D eigenvalue weighted by Gasteiger charge is 2.31. The lowest BCUT2D eigenvalue weighted by molar-refractivity contribution is 0.0443. The maximum absolute atomic E-state index is 11.7. The van der Waals surface area contributed by atoms with E-state index >= 15 is 0 Å². The Bertz CT molecular complexity index is 377. The molecule has 16 heavy (non-hydrogen) atoms. The predicted molar refractivity (Wildman–Crippen MR) is 59.2 cm³/mol.